The molecule has 1 saturated heterocycles. The number of carbonyl (C=O) groups excluding carboxylic acids is 1. The highest BCUT2D eigenvalue weighted by atomic mass is 32.1. The van der Waals surface area contributed by atoms with E-state index in [1.54, 1.807) is 11.8 Å². The average molecular weight is 354 g/mol. The maximum atomic E-state index is 12.6. The second kappa shape index (κ2) is 6.50. The molecule has 1 N–H and O–H groups in total. The number of pyridine rings is 1. The Balaban J connectivity index is 1.49. The monoisotopic (exact) mass is 354 g/mol. The van der Waals surface area contributed by atoms with Crippen LogP contribution in [0.1, 0.15) is 21.9 Å². The molecule has 1 fully saturated rings. The lowest BCUT2D eigenvalue weighted by Gasteiger charge is -2.15. The molecule has 1 aliphatic heterocycles. The number of carbonyl (C=O) groups is 1. The molecule has 7 heteroatoms. The van der Waals surface area contributed by atoms with Gasteiger partial charge in [0.15, 0.2) is 5.69 Å². The van der Waals surface area contributed by atoms with Crippen LogP contribution in [0, 0.1) is 12.8 Å². The number of benzene rings is 1. The molecule has 0 unspecified atom stereocenters. The van der Waals surface area contributed by atoms with Crippen molar-refractivity contribution < 1.29 is 9.90 Å². The summed E-state index contributed by atoms with van der Waals surface area (Å²) in [5.74, 6) is -0.177. The summed E-state index contributed by atoms with van der Waals surface area (Å²) in [7, 11) is 0. The van der Waals surface area contributed by atoms with Crippen LogP contribution in [0.25, 0.3) is 10.9 Å². The van der Waals surface area contributed by atoms with Gasteiger partial charge in [-0.15, -0.1) is 0 Å². The molecular formula is C18H18N4O2S. The van der Waals surface area contributed by atoms with E-state index in [9.17, 15) is 9.90 Å². The lowest BCUT2D eigenvalue weighted by molar-refractivity contribution is 0.0759. The van der Waals surface area contributed by atoms with Gasteiger partial charge in [0.2, 0.25) is 0 Å². The van der Waals surface area contributed by atoms with Crippen LogP contribution in [-0.4, -0.2) is 48.8 Å². The highest BCUT2D eigenvalue weighted by Crippen LogP contribution is 2.24. The van der Waals surface area contributed by atoms with Gasteiger partial charge >= 0.3 is 0 Å². The molecule has 3 heterocycles. The second-order valence-electron chi connectivity index (χ2n) is 6.44. The first kappa shape index (κ1) is 16.1. The van der Waals surface area contributed by atoms with Crippen LogP contribution in [0.5, 0.6) is 0 Å². The molecule has 25 heavy (non-hydrogen) atoms. The van der Waals surface area contributed by atoms with Crippen molar-refractivity contribution in [3.8, 4) is 0 Å². The number of amides is 1. The zero-order valence-corrected chi connectivity index (χ0v) is 14.6. The number of para-hydroxylation sites is 1. The molecule has 4 rings (SSSR count). The SMILES string of the molecule is Cc1nsnc1C(=O)N1C[C@@H](Cc2ccc3ccccc3n2)[C@H](O)C1. The van der Waals surface area contributed by atoms with E-state index >= 15 is 0 Å². The van der Waals surface area contributed by atoms with Crippen molar-refractivity contribution in [3.05, 3.63) is 53.5 Å². The molecule has 0 aliphatic carbocycles. The van der Waals surface area contributed by atoms with E-state index in [0.717, 1.165) is 28.3 Å². The summed E-state index contributed by atoms with van der Waals surface area (Å²) in [6, 6.07) is 12.0. The molecule has 1 amide bonds. The number of hydrogen-bond acceptors (Lipinski definition) is 6. The Labute approximate surface area is 149 Å². The fraction of sp³-hybridized carbons (Fsp3) is 0.333. The summed E-state index contributed by atoms with van der Waals surface area (Å²) in [5, 5.41) is 11.5. The number of rotatable bonds is 3. The molecule has 0 radical (unpaired) electrons. The van der Waals surface area contributed by atoms with Gasteiger partial charge in [-0.1, -0.05) is 24.3 Å². The van der Waals surface area contributed by atoms with Gasteiger partial charge in [0.05, 0.1) is 29.0 Å². The Morgan fingerprint density at radius 1 is 1.24 bits per heavy atom. The van der Waals surface area contributed by atoms with Crippen molar-refractivity contribution >= 4 is 28.5 Å². The predicted molar refractivity (Wildman–Crippen MR) is 95.5 cm³/mol. The molecule has 0 spiro atoms. The number of aliphatic hydroxyl groups excluding tert-OH is 1. The van der Waals surface area contributed by atoms with Crippen LogP contribution in [-0.2, 0) is 6.42 Å². The van der Waals surface area contributed by atoms with Crippen molar-refractivity contribution in [1.82, 2.24) is 18.6 Å². The smallest absolute Gasteiger partial charge is 0.275 e. The van der Waals surface area contributed by atoms with Gasteiger partial charge in [-0.3, -0.25) is 9.78 Å². The Hall–Kier alpha value is -2.38. The quantitative estimate of drug-likeness (QED) is 0.779. The summed E-state index contributed by atoms with van der Waals surface area (Å²) in [5.41, 5.74) is 2.92. The third-order valence-corrected chi connectivity index (χ3v) is 5.30. The van der Waals surface area contributed by atoms with E-state index in [-0.39, 0.29) is 11.8 Å². The first-order chi connectivity index (χ1) is 12.1. The first-order valence-corrected chi connectivity index (χ1v) is 8.96. The number of nitrogens with zero attached hydrogens (tertiary/aromatic N) is 4. The lowest BCUT2D eigenvalue weighted by atomic mass is 9.99. The Morgan fingerprint density at radius 3 is 2.88 bits per heavy atom. The number of aliphatic hydroxyl groups is 1. The summed E-state index contributed by atoms with van der Waals surface area (Å²) >= 11 is 1.04. The summed E-state index contributed by atoms with van der Waals surface area (Å²) in [4.78, 5) is 18.9. The van der Waals surface area contributed by atoms with Crippen LogP contribution in [0.4, 0.5) is 0 Å². The molecule has 2 atom stereocenters. The van der Waals surface area contributed by atoms with Crippen molar-refractivity contribution in [2.24, 2.45) is 5.92 Å². The van der Waals surface area contributed by atoms with Crippen molar-refractivity contribution in [3.63, 3.8) is 0 Å². The van der Waals surface area contributed by atoms with E-state index in [1.165, 1.54) is 0 Å². The van der Waals surface area contributed by atoms with Gasteiger partial charge < -0.3 is 10.0 Å². The van der Waals surface area contributed by atoms with E-state index in [1.807, 2.05) is 36.4 Å². The van der Waals surface area contributed by atoms with Crippen LogP contribution < -0.4 is 0 Å². The topological polar surface area (TPSA) is 79.2 Å². The van der Waals surface area contributed by atoms with Crippen LogP contribution in [0.3, 0.4) is 0 Å². The first-order valence-electron chi connectivity index (χ1n) is 8.23. The zero-order chi connectivity index (χ0) is 17.4. The third kappa shape index (κ3) is 3.12. The Morgan fingerprint density at radius 2 is 2.08 bits per heavy atom. The zero-order valence-electron chi connectivity index (χ0n) is 13.8. The van der Waals surface area contributed by atoms with Gasteiger partial charge in [0.25, 0.3) is 5.91 Å². The Kier molecular flexibility index (Phi) is 4.19. The maximum absolute atomic E-state index is 12.6. The number of aryl methyl sites for hydroxylation is 1. The van der Waals surface area contributed by atoms with E-state index in [2.05, 4.69) is 13.7 Å². The van der Waals surface area contributed by atoms with E-state index in [0.29, 0.717) is 30.9 Å². The summed E-state index contributed by atoms with van der Waals surface area (Å²) < 4.78 is 8.13. The van der Waals surface area contributed by atoms with E-state index < -0.39 is 6.10 Å². The highest BCUT2D eigenvalue weighted by molar-refractivity contribution is 6.99. The van der Waals surface area contributed by atoms with Crippen LogP contribution in [0.2, 0.25) is 0 Å². The standard InChI is InChI=1S/C18H18N4O2S/c1-11-17(21-25-20-11)18(24)22-9-13(16(23)10-22)8-14-7-6-12-4-2-3-5-15(12)19-14/h2-7,13,16,23H,8-10H2,1H3/t13-,16-/m1/s1. The van der Waals surface area contributed by atoms with Crippen molar-refractivity contribution in [2.75, 3.05) is 13.1 Å². The van der Waals surface area contributed by atoms with Gasteiger partial charge in [-0.25, -0.2) is 0 Å². The number of β-amino-alcohol motifs (C(OH)–C–C–N with tert-alkyl or cyclic N) is 1. The lowest BCUT2D eigenvalue weighted by Crippen LogP contribution is -2.30. The fourth-order valence-electron chi connectivity index (χ4n) is 3.29. The highest BCUT2D eigenvalue weighted by Gasteiger charge is 2.35. The number of fused-ring (bicyclic) bond motifs is 1. The van der Waals surface area contributed by atoms with E-state index in [4.69, 9.17) is 0 Å². The maximum Gasteiger partial charge on any atom is 0.275 e. The van der Waals surface area contributed by atoms with Crippen molar-refractivity contribution in [2.45, 2.75) is 19.4 Å². The van der Waals surface area contributed by atoms with Crippen LogP contribution >= 0.6 is 11.7 Å². The van der Waals surface area contributed by atoms with Gasteiger partial charge in [-0.2, -0.15) is 8.75 Å². The fourth-order valence-corrected chi connectivity index (χ4v) is 3.83. The molecule has 3 aromatic rings. The third-order valence-electron chi connectivity index (χ3n) is 4.68. The van der Waals surface area contributed by atoms with Gasteiger partial charge in [0.1, 0.15) is 0 Å². The van der Waals surface area contributed by atoms with Gasteiger partial charge in [-0.05, 0) is 25.5 Å². The number of aromatic nitrogens is 3. The average Bonchev–Trinajstić information content (AvgIpc) is 3.20. The number of hydrogen-bond donors (Lipinski definition) is 1. The van der Waals surface area contributed by atoms with Crippen LogP contribution in [0.15, 0.2) is 36.4 Å². The minimum Gasteiger partial charge on any atom is -0.391 e. The molecule has 1 aliphatic rings. The molecule has 0 bridgehead atoms. The minimum absolute atomic E-state index is 0.0236. The largest absolute Gasteiger partial charge is 0.391 e. The Bertz CT molecular complexity index is 926. The predicted octanol–water partition coefficient (Wildman–Crippen LogP) is 2.07. The molecular weight excluding hydrogens is 336 g/mol. The molecule has 1 aromatic carbocycles. The summed E-state index contributed by atoms with van der Waals surface area (Å²) in [6.45, 7) is 2.61. The summed E-state index contributed by atoms with van der Waals surface area (Å²) in [6.07, 6.45) is 0.0912. The normalized spacial score (nSPS) is 20.3. The second-order valence-corrected chi connectivity index (χ2v) is 6.96. The molecule has 0 saturated carbocycles. The molecule has 128 valence electrons. The van der Waals surface area contributed by atoms with Crippen molar-refractivity contribution in [1.29, 1.82) is 0 Å². The molecule has 2 aromatic heterocycles. The minimum atomic E-state index is -0.552. The number of likely N-dealkylation sites (tertiary alicyclic amines) is 1. The van der Waals surface area contributed by atoms with Gasteiger partial charge in [0, 0.05) is 30.1 Å². The molecule has 6 nitrogen and oxygen atoms in total.